The molecule has 31 heavy (non-hydrogen) atoms. The van der Waals surface area contributed by atoms with Gasteiger partial charge in [-0.15, -0.1) is 0 Å². The Morgan fingerprint density at radius 3 is 2.58 bits per heavy atom. The van der Waals surface area contributed by atoms with Crippen LogP contribution >= 0.6 is 0 Å². The summed E-state index contributed by atoms with van der Waals surface area (Å²) in [5.41, 5.74) is 1.18. The molecule has 0 bridgehead atoms. The van der Waals surface area contributed by atoms with E-state index in [1.54, 1.807) is 36.7 Å². The molecule has 2 aliphatic heterocycles. The predicted octanol–water partition coefficient (Wildman–Crippen LogP) is 1.91. The zero-order valence-corrected chi connectivity index (χ0v) is 17.4. The third kappa shape index (κ3) is 5.80. The van der Waals surface area contributed by atoms with Crippen molar-refractivity contribution >= 4 is 11.8 Å². The van der Waals surface area contributed by atoms with E-state index in [-0.39, 0.29) is 24.0 Å². The second-order valence-corrected chi connectivity index (χ2v) is 7.65. The van der Waals surface area contributed by atoms with Crippen molar-refractivity contribution in [2.75, 3.05) is 39.5 Å². The number of nitrogens with one attached hydrogen (secondary N) is 1. The average Bonchev–Trinajstić information content (AvgIpc) is 2.84. The van der Waals surface area contributed by atoms with E-state index in [4.69, 9.17) is 14.2 Å². The molecule has 2 fully saturated rings. The first-order valence-corrected chi connectivity index (χ1v) is 10.6. The Balaban J connectivity index is 1.22. The lowest BCUT2D eigenvalue weighted by molar-refractivity contribution is -0.0855. The van der Waals surface area contributed by atoms with Crippen LogP contribution in [0.3, 0.4) is 0 Å². The van der Waals surface area contributed by atoms with Crippen LogP contribution in [0.15, 0.2) is 48.8 Å². The smallest absolute Gasteiger partial charge is 0.255 e. The van der Waals surface area contributed by atoms with Crippen LogP contribution in [0.5, 0.6) is 5.75 Å². The first-order chi connectivity index (χ1) is 15.2. The number of amides is 2. The Hall–Kier alpha value is -2.97. The molecule has 0 saturated carbocycles. The maximum Gasteiger partial charge on any atom is 0.255 e. The predicted molar refractivity (Wildman–Crippen MR) is 113 cm³/mol. The highest BCUT2D eigenvalue weighted by atomic mass is 16.6. The van der Waals surface area contributed by atoms with Crippen LogP contribution in [-0.4, -0.2) is 73.4 Å². The van der Waals surface area contributed by atoms with Gasteiger partial charge in [0.2, 0.25) is 0 Å². The molecule has 2 aliphatic rings. The minimum Gasteiger partial charge on any atom is -0.490 e. The van der Waals surface area contributed by atoms with Crippen molar-refractivity contribution in [3.8, 4) is 5.75 Å². The van der Waals surface area contributed by atoms with Gasteiger partial charge in [-0.05, 0) is 36.4 Å². The Bertz CT molecular complexity index is 861. The molecule has 2 saturated heterocycles. The summed E-state index contributed by atoms with van der Waals surface area (Å²) >= 11 is 0. The molecule has 1 atom stereocenters. The van der Waals surface area contributed by atoms with Crippen molar-refractivity contribution in [1.29, 1.82) is 0 Å². The molecule has 4 rings (SSSR count). The van der Waals surface area contributed by atoms with Crippen LogP contribution in [0.1, 0.15) is 33.6 Å². The van der Waals surface area contributed by atoms with Gasteiger partial charge in [0.15, 0.2) is 0 Å². The van der Waals surface area contributed by atoms with Crippen molar-refractivity contribution in [2.45, 2.75) is 25.0 Å². The van der Waals surface area contributed by atoms with Gasteiger partial charge in [0.25, 0.3) is 11.8 Å². The average molecular weight is 425 g/mol. The number of hydrogen-bond donors (Lipinski definition) is 1. The summed E-state index contributed by atoms with van der Waals surface area (Å²) in [6.45, 7) is 3.37. The summed E-state index contributed by atoms with van der Waals surface area (Å²) in [4.78, 5) is 30.7. The van der Waals surface area contributed by atoms with Crippen LogP contribution in [0, 0.1) is 0 Å². The van der Waals surface area contributed by atoms with Gasteiger partial charge in [0.05, 0.1) is 31.5 Å². The van der Waals surface area contributed by atoms with Crippen LogP contribution < -0.4 is 10.1 Å². The number of piperidine rings is 1. The van der Waals surface area contributed by atoms with Gasteiger partial charge in [0.1, 0.15) is 11.9 Å². The first kappa shape index (κ1) is 21.3. The fraction of sp³-hybridized carbons (Fsp3) is 0.435. The largest absolute Gasteiger partial charge is 0.490 e. The summed E-state index contributed by atoms with van der Waals surface area (Å²) in [7, 11) is 0. The second-order valence-electron chi connectivity index (χ2n) is 7.65. The number of benzene rings is 1. The normalized spacial score (nSPS) is 19.6. The van der Waals surface area contributed by atoms with Gasteiger partial charge < -0.3 is 24.4 Å². The molecule has 3 heterocycles. The summed E-state index contributed by atoms with van der Waals surface area (Å²) in [6, 6.07) is 10.7. The number of aromatic nitrogens is 1. The lowest BCUT2D eigenvalue weighted by atomic mass is 10.1. The molecule has 1 unspecified atom stereocenters. The number of likely N-dealkylation sites (tertiary alicyclic amines) is 1. The zero-order chi connectivity index (χ0) is 21.5. The van der Waals surface area contributed by atoms with Gasteiger partial charge in [-0.25, -0.2) is 0 Å². The fourth-order valence-electron chi connectivity index (χ4n) is 3.69. The molecule has 0 aliphatic carbocycles. The lowest BCUT2D eigenvalue weighted by Crippen LogP contribution is -2.41. The summed E-state index contributed by atoms with van der Waals surface area (Å²) in [6.07, 6.45) is 4.72. The van der Waals surface area contributed by atoms with Gasteiger partial charge in [-0.3, -0.25) is 14.6 Å². The third-order valence-corrected chi connectivity index (χ3v) is 5.43. The van der Waals surface area contributed by atoms with Gasteiger partial charge in [0, 0.05) is 50.4 Å². The molecule has 0 spiro atoms. The Morgan fingerprint density at radius 1 is 1.10 bits per heavy atom. The highest BCUT2D eigenvalue weighted by Crippen LogP contribution is 2.21. The number of carbonyl (C=O) groups excluding carboxylic acids is 2. The minimum absolute atomic E-state index is 0.00658. The van der Waals surface area contributed by atoms with Crippen molar-refractivity contribution in [3.63, 3.8) is 0 Å². The standard InChI is InChI=1S/C23H27N3O5/c27-22(25-15-21-16-29-12-13-30-21)17-3-5-19(6-4-17)31-20-7-10-26(11-8-20)23(28)18-2-1-9-24-14-18/h1-6,9,14,20-21H,7-8,10-13,15-16H2,(H,25,27). The van der Waals surface area contributed by atoms with Crippen molar-refractivity contribution in [2.24, 2.45) is 0 Å². The maximum absolute atomic E-state index is 12.5. The SMILES string of the molecule is O=C(NCC1COCCO1)c1ccc(OC2CCN(C(=O)c3cccnc3)CC2)cc1. The highest BCUT2D eigenvalue weighted by Gasteiger charge is 2.25. The number of nitrogens with zero attached hydrogens (tertiary/aromatic N) is 2. The van der Waals surface area contributed by atoms with E-state index in [9.17, 15) is 9.59 Å². The van der Waals surface area contributed by atoms with Crippen molar-refractivity contribution < 1.29 is 23.8 Å². The quantitative estimate of drug-likeness (QED) is 0.761. The Morgan fingerprint density at radius 2 is 1.90 bits per heavy atom. The molecule has 8 nitrogen and oxygen atoms in total. The van der Waals surface area contributed by atoms with Crippen LogP contribution in [0.2, 0.25) is 0 Å². The second kappa shape index (κ2) is 10.4. The number of pyridine rings is 1. The number of hydrogen-bond acceptors (Lipinski definition) is 6. The summed E-state index contributed by atoms with van der Waals surface area (Å²) < 4.78 is 16.9. The van der Waals surface area contributed by atoms with Crippen molar-refractivity contribution in [3.05, 3.63) is 59.9 Å². The third-order valence-electron chi connectivity index (χ3n) is 5.43. The molecular formula is C23H27N3O5. The molecule has 1 N–H and O–H groups in total. The van der Waals surface area contributed by atoms with E-state index in [0.717, 1.165) is 18.6 Å². The van der Waals surface area contributed by atoms with E-state index < -0.39 is 0 Å². The zero-order valence-electron chi connectivity index (χ0n) is 17.4. The number of carbonyl (C=O) groups is 2. The lowest BCUT2D eigenvalue weighted by Gasteiger charge is -2.32. The van der Waals surface area contributed by atoms with E-state index in [2.05, 4.69) is 10.3 Å². The molecular weight excluding hydrogens is 398 g/mol. The monoisotopic (exact) mass is 425 g/mol. The van der Waals surface area contributed by atoms with E-state index in [1.807, 2.05) is 17.0 Å². The molecule has 1 aromatic carbocycles. The van der Waals surface area contributed by atoms with E-state index in [1.165, 1.54) is 0 Å². The number of ether oxygens (including phenoxy) is 3. The first-order valence-electron chi connectivity index (χ1n) is 10.6. The molecule has 1 aromatic heterocycles. The Kier molecular flexibility index (Phi) is 7.11. The van der Waals surface area contributed by atoms with Crippen LogP contribution in [0.25, 0.3) is 0 Å². The van der Waals surface area contributed by atoms with E-state index >= 15 is 0 Å². The maximum atomic E-state index is 12.5. The molecule has 164 valence electrons. The van der Waals surface area contributed by atoms with Gasteiger partial charge >= 0.3 is 0 Å². The van der Waals surface area contributed by atoms with Crippen molar-refractivity contribution in [1.82, 2.24) is 15.2 Å². The Labute approximate surface area is 181 Å². The summed E-state index contributed by atoms with van der Waals surface area (Å²) in [5, 5.41) is 2.87. The number of rotatable bonds is 6. The van der Waals surface area contributed by atoms with Gasteiger partial charge in [-0.1, -0.05) is 0 Å². The minimum atomic E-state index is -0.150. The molecule has 2 amide bonds. The fourth-order valence-corrected chi connectivity index (χ4v) is 3.69. The highest BCUT2D eigenvalue weighted by molar-refractivity contribution is 5.94. The molecule has 2 aromatic rings. The van der Waals surface area contributed by atoms with Gasteiger partial charge in [-0.2, -0.15) is 0 Å². The molecule has 0 radical (unpaired) electrons. The van der Waals surface area contributed by atoms with E-state index in [0.29, 0.717) is 50.6 Å². The summed E-state index contributed by atoms with van der Waals surface area (Å²) in [5.74, 6) is 0.577. The van der Waals surface area contributed by atoms with Crippen LogP contribution in [-0.2, 0) is 9.47 Å². The molecule has 8 heteroatoms. The topological polar surface area (TPSA) is 90.0 Å². The van der Waals surface area contributed by atoms with Crippen LogP contribution in [0.4, 0.5) is 0 Å².